The molecule has 0 N–H and O–H groups in total. The van der Waals surface area contributed by atoms with Crippen LogP contribution in [0.1, 0.15) is 0 Å². The molecule has 7 heteroatoms. The molecule has 3 nitrogen and oxygen atoms in total. The fraction of sp³-hybridized carbons (Fsp3) is 0. The SMILES string of the molecule is Fc1cc(F)c(Sc2ncco2)nc1F. The number of pyridine rings is 1. The average molecular weight is 232 g/mol. The van der Waals surface area contributed by atoms with Crippen molar-refractivity contribution < 1.29 is 17.6 Å². The van der Waals surface area contributed by atoms with Crippen LogP contribution in [0.15, 0.2) is 33.2 Å². The van der Waals surface area contributed by atoms with Crippen LogP contribution in [0, 0.1) is 17.6 Å². The summed E-state index contributed by atoms with van der Waals surface area (Å²) in [5.74, 6) is -3.65. The summed E-state index contributed by atoms with van der Waals surface area (Å²) >= 11 is 0.673. The highest BCUT2D eigenvalue weighted by molar-refractivity contribution is 7.99. The van der Waals surface area contributed by atoms with Gasteiger partial charge in [-0.05, 0) is 11.8 Å². The summed E-state index contributed by atoms with van der Waals surface area (Å²) in [4.78, 5) is 6.77. The maximum Gasteiger partial charge on any atom is 0.262 e. The zero-order chi connectivity index (χ0) is 10.8. The van der Waals surface area contributed by atoms with E-state index in [9.17, 15) is 13.2 Å². The average Bonchev–Trinajstić information content (AvgIpc) is 2.67. The van der Waals surface area contributed by atoms with Gasteiger partial charge in [0, 0.05) is 6.07 Å². The van der Waals surface area contributed by atoms with E-state index >= 15 is 0 Å². The summed E-state index contributed by atoms with van der Waals surface area (Å²) in [7, 11) is 0. The van der Waals surface area contributed by atoms with Gasteiger partial charge in [-0.1, -0.05) is 0 Å². The lowest BCUT2D eigenvalue weighted by molar-refractivity contribution is 0.440. The second-order valence-corrected chi connectivity index (χ2v) is 3.39. The van der Waals surface area contributed by atoms with Crippen molar-refractivity contribution in [3.05, 3.63) is 36.1 Å². The summed E-state index contributed by atoms with van der Waals surface area (Å²) in [6.07, 6.45) is 2.63. The van der Waals surface area contributed by atoms with E-state index in [1.165, 1.54) is 12.5 Å². The first-order valence-corrected chi connectivity index (χ1v) is 4.57. The third-order valence-corrected chi connectivity index (χ3v) is 2.30. The van der Waals surface area contributed by atoms with Crippen LogP contribution in [0.4, 0.5) is 13.2 Å². The highest BCUT2D eigenvalue weighted by atomic mass is 32.2. The minimum Gasteiger partial charge on any atom is -0.440 e. The molecule has 0 unspecified atom stereocenters. The Morgan fingerprint density at radius 2 is 2.00 bits per heavy atom. The quantitative estimate of drug-likeness (QED) is 0.746. The number of hydrogen-bond acceptors (Lipinski definition) is 4. The number of oxazole rings is 1. The highest BCUT2D eigenvalue weighted by Crippen LogP contribution is 2.27. The Kier molecular flexibility index (Phi) is 2.63. The van der Waals surface area contributed by atoms with Crippen molar-refractivity contribution in [2.45, 2.75) is 10.2 Å². The Bertz CT molecular complexity index is 475. The van der Waals surface area contributed by atoms with Crippen LogP contribution in [-0.4, -0.2) is 9.97 Å². The molecule has 0 aliphatic carbocycles. The van der Waals surface area contributed by atoms with E-state index < -0.39 is 17.6 Å². The maximum absolute atomic E-state index is 13.1. The van der Waals surface area contributed by atoms with E-state index in [4.69, 9.17) is 4.42 Å². The number of halogens is 3. The fourth-order valence-electron chi connectivity index (χ4n) is 0.844. The van der Waals surface area contributed by atoms with E-state index in [0.29, 0.717) is 17.8 Å². The molecule has 0 aliphatic rings. The van der Waals surface area contributed by atoms with Gasteiger partial charge in [0.05, 0.1) is 6.20 Å². The summed E-state index contributed by atoms with van der Waals surface area (Å²) in [6.45, 7) is 0. The van der Waals surface area contributed by atoms with Gasteiger partial charge in [0.25, 0.3) is 5.22 Å². The van der Waals surface area contributed by atoms with Crippen molar-refractivity contribution in [3.8, 4) is 0 Å². The van der Waals surface area contributed by atoms with Crippen LogP contribution in [0.2, 0.25) is 0 Å². The van der Waals surface area contributed by atoms with E-state index in [2.05, 4.69) is 9.97 Å². The summed E-state index contributed by atoms with van der Waals surface area (Å²) in [5.41, 5.74) is 0. The molecule has 0 aliphatic heterocycles. The predicted octanol–water partition coefficient (Wildman–Crippen LogP) is 2.64. The first-order chi connectivity index (χ1) is 7.16. The molecule has 15 heavy (non-hydrogen) atoms. The lowest BCUT2D eigenvalue weighted by Gasteiger charge is -1.99. The molecule has 2 rings (SSSR count). The van der Waals surface area contributed by atoms with Gasteiger partial charge >= 0.3 is 0 Å². The van der Waals surface area contributed by atoms with Crippen molar-refractivity contribution >= 4 is 11.8 Å². The number of rotatable bonds is 2. The highest BCUT2D eigenvalue weighted by Gasteiger charge is 2.14. The minimum absolute atomic E-state index is 0.104. The van der Waals surface area contributed by atoms with E-state index in [0.717, 1.165) is 0 Å². The monoisotopic (exact) mass is 232 g/mol. The van der Waals surface area contributed by atoms with Gasteiger partial charge in [0.1, 0.15) is 11.3 Å². The van der Waals surface area contributed by atoms with Crippen molar-refractivity contribution in [2.24, 2.45) is 0 Å². The van der Waals surface area contributed by atoms with Gasteiger partial charge in [0.15, 0.2) is 11.6 Å². The predicted molar refractivity (Wildman–Crippen MR) is 44.7 cm³/mol. The molecule has 0 saturated heterocycles. The standard InChI is InChI=1S/C8H3F3N2OS/c9-4-3-5(10)7(13-6(4)11)15-8-12-1-2-14-8/h1-3H. The van der Waals surface area contributed by atoms with Gasteiger partial charge < -0.3 is 4.42 Å². The molecular weight excluding hydrogens is 229 g/mol. The Labute approximate surface area is 86.3 Å². The topological polar surface area (TPSA) is 38.9 Å². The Hall–Kier alpha value is -1.50. The van der Waals surface area contributed by atoms with Crippen LogP contribution in [-0.2, 0) is 0 Å². The minimum atomic E-state index is -1.36. The summed E-state index contributed by atoms with van der Waals surface area (Å²) < 4.78 is 43.0. The fourth-order valence-corrected chi connectivity index (χ4v) is 1.51. The first kappa shape index (κ1) is 10.0. The Morgan fingerprint density at radius 1 is 1.20 bits per heavy atom. The number of nitrogens with zero attached hydrogens (tertiary/aromatic N) is 2. The molecule has 0 atom stereocenters. The van der Waals surface area contributed by atoms with Crippen LogP contribution >= 0.6 is 11.8 Å². The number of aromatic nitrogens is 2. The van der Waals surface area contributed by atoms with Gasteiger partial charge in [-0.25, -0.2) is 18.7 Å². The second-order valence-electron chi connectivity index (χ2n) is 2.45. The van der Waals surface area contributed by atoms with Gasteiger partial charge in [0.2, 0.25) is 5.95 Å². The van der Waals surface area contributed by atoms with Crippen molar-refractivity contribution in [3.63, 3.8) is 0 Å². The van der Waals surface area contributed by atoms with Crippen LogP contribution in [0.25, 0.3) is 0 Å². The molecule has 2 aromatic heterocycles. The van der Waals surface area contributed by atoms with Crippen LogP contribution in [0.5, 0.6) is 0 Å². The lowest BCUT2D eigenvalue weighted by Crippen LogP contribution is -1.95. The molecular formula is C8H3F3N2OS. The van der Waals surface area contributed by atoms with Gasteiger partial charge in [-0.2, -0.15) is 4.39 Å². The lowest BCUT2D eigenvalue weighted by atomic mass is 10.4. The largest absolute Gasteiger partial charge is 0.440 e. The van der Waals surface area contributed by atoms with Gasteiger partial charge in [-0.3, -0.25) is 0 Å². The van der Waals surface area contributed by atoms with E-state index in [-0.39, 0.29) is 10.2 Å². The van der Waals surface area contributed by atoms with E-state index in [1.54, 1.807) is 0 Å². The molecule has 0 bridgehead atoms. The van der Waals surface area contributed by atoms with Crippen molar-refractivity contribution in [1.29, 1.82) is 0 Å². The first-order valence-electron chi connectivity index (χ1n) is 3.75. The third-order valence-electron chi connectivity index (χ3n) is 1.45. The molecule has 0 saturated carbocycles. The molecule has 0 aromatic carbocycles. The zero-order valence-electron chi connectivity index (χ0n) is 7.08. The Balaban J connectivity index is 2.33. The molecule has 0 radical (unpaired) electrons. The normalized spacial score (nSPS) is 10.6. The van der Waals surface area contributed by atoms with Crippen LogP contribution < -0.4 is 0 Å². The Morgan fingerprint density at radius 3 is 2.67 bits per heavy atom. The summed E-state index contributed by atoms with van der Waals surface area (Å²) in [5, 5.41) is -0.219. The number of hydrogen-bond donors (Lipinski definition) is 0. The molecule has 2 aromatic rings. The van der Waals surface area contributed by atoms with Crippen molar-refractivity contribution in [2.75, 3.05) is 0 Å². The smallest absolute Gasteiger partial charge is 0.262 e. The van der Waals surface area contributed by atoms with E-state index in [1.807, 2.05) is 0 Å². The zero-order valence-corrected chi connectivity index (χ0v) is 7.89. The molecule has 78 valence electrons. The molecule has 0 amide bonds. The molecule has 0 spiro atoms. The maximum atomic E-state index is 13.1. The summed E-state index contributed by atoms with van der Waals surface area (Å²) in [6, 6.07) is 0.424. The van der Waals surface area contributed by atoms with Gasteiger partial charge in [-0.15, -0.1) is 0 Å². The third kappa shape index (κ3) is 2.12. The van der Waals surface area contributed by atoms with Crippen molar-refractivity contribution in [1.82, 2.24) is 9.97 Å². The van der Waals surface area contributed by atoms with Crippen LogP contribution in [0.3, 0.4) is 0 Å². The molecule has 2 heterocycles. The second kappa shape index (κ2) is 3.93. The molecule has 0 fully saturated rings.